The molecule has 168 valence electrons. The monoisotopic (exact) mass is 423 g/mol. The molecule has 31 heavy (non-hydrogen) atoms. The number of hydrogen-bond acceptors (Lipinski definition) is 4. The van der Waals surface area contributed by atoms with Crippen molar-refractivity contribution in [2.45, 2.75) is 60.5 Å². The third-order valence-electron chi connectivity index (χ3n) is 5.59. The van der Waals surface area contributed by atoms with E-state index in [1.54, 1.807) is 0 Å². The number of nitrogens with zero attached hydrogens (tertiary/aromatic N) is 3. The van der Waals surface area contributed by atoms with Gasteiger partial charge in [-0.15, -0.1) is 0 Å². The van der Waals surface area contributed by atoms with E-state index >= 15 is 0 Å². The minimum Gasteiger partial charge on any atom is -0.494 e. The van der Waals surface area contributed by atoms with Crippen LogP contribution in [0.2, 0.25) is 0 Å². The molecule has 0 radical (unpaired) electrons. The van der Waals surface area contributed by atoms with E-state index in [4.69, 9.17) is 14.5 Å². The van der Waals surface area contributed by atoms with Gasteiger partial charge in [0.25, 0.3) is 0 Å². The molecule has 0 amide bonds. The zero-order valence-corrected chi connectivity index (χ0v) is 19.8. The number of rotatable bonds is 12. The predicted molar refractivity (Wildman–Crippen MR) is 128 cm³/mol. The lowest BCUT2D eigenvalue weighted by molar-refractivity contribution is 0.260. The second-order valence-electron chi connectivity index (χ2n) is 8.12. The van der Waals surface area contributed by atoms with Crippen LogP contribution < -0.4 is 9.47 Å². The number of fused-ring (bicyclic) bond motifs is 1. The predicted octanol–water partition coefficient (Wildman–Crippen LogP) is 5.75. The van der Waals surface area contributed by atoms with Gasteiger partial charge in [0.2, 0.25) is 0 Å². The second-order valence-corrected chi connectivity index (χ2v) is 8.12. The molecule has 0 fully saturated rings. The summed E-state index contributed by atoms with van der Waals surface area (Å²) in [5.41, 5.74) is 4.47. The lowest BCUT2D eigenvalue weighted by Crippen LogP contribution is -2.26. The highest BCUT2D eigenvalue weighted by atomic mass is 16.5. The molecular formula is C26H37N3O2. The summed E-state index contributed by atoms with van der Waals surface area (Å²) in [6.07, 6.45) is 2.13. The lowest BCUT2D eigenvalue weighted by Gasteiger charge is -2.20. The molecule has 2 aromatic carbocycles. The van der Waals surface area contributed by atoms with Crippen molar-refractivity contribution in [2.24, 2.45) is 0 Å². The van der Waals surface area contributed by atoms with E-state index in [2.05, 4.69) is 80.5 Å². The largest absolute Gasteiger partial charge is 0.494 e. The van der Waals surface area contributed by atoms with Crippen LogP contribution in [0.4, 0.5) is 0 Å². The highest BCUT2D eigenvalue weighted by Crippen LogP contribution is 2.25. The molecule has 0 N–H and O–H groups in total. The fourth-order valence-corrected chi connectivity index (χ4v) is 3.97. The van der Waals surface area contributed by atoms with E-state index in [1.807, 2.05) is 0 Å². The SMILES string of the molecule is CCCOc1ccc2c(c1)nc(CN(CC)CCC)n2CCOc1c(C)cccc1C. The first-order valence-electron chi connectivity index (χ1n) is 11.6. The normalized spacial score (nSPS) is 11.4. The highest BCUT2D eigenvalue weighted by molar-refractivity contribution is 5.77. The molecule has 5 heteroatoms. The van der Waals surface area contributed by atoms with Gasteiger partial charge in [-0.25, -0.2) is 4.98 Å². The number of hydrogen-bond donors (Lipinski definition) is 0. The van der Waals surface area contributed by atoms with Crippen LogP contribution >= 0.6 is 0 Å². The van der Waals surface area contributed by atoms with Crippen LogP contribution in [0.1, 0.15) is 50.6 Å². The Morgan fingerprint density at radius 1 is 0.935 bits per heavy atom. The van der Waals surface area contributed by atoms with E-state index < -0.39 is 0 Å². The quantitative estimate of drug-likeness (QED) is 0.372. The number of benzene rings is 2. The zero-order chi connectivity index (χ0) is 22.2. The maximum absolute atomic E-state index is 6.21. The maximum atomic E-state index is 6.21. The molecule has 3 rings (SSSR count). The third-order valence-corrected chi connectivity index (χ3v) is 5.59. The van der Waals surface area contributed by atoms with Crippen molar-refractivity contribution in [3.8, 4) is 11.5 Å². The van der Waals surface area contributed by atoms with Gasteiger partial charge >= 0.3 is 0 Å². The third kappa shape index (κ3) is 5.79. The van der Waals surface area contributed by atoms with Crippen LogP contribution in [0.25, 0.3) is 11.0 Å². The van der Waals surface area contributed by atoms with E-state index in [0.29, 0.717) is 6.61 Å². The molecule has 0 atom stereocenters. The van der Waals surface area contributed by atoms with Crippen molar-refractivity contribution in [3.63, 3.8) is 0 Å². The Balaban J connectivity index is 1.85. The van der Waals surface area contributed by atoms with Crippen LogP contribution in [0.5, 0.6) is 11.5 Å². The van der Waals surface area contributed by atoms with Crippen LogP contribution in [0.3, 0.4) is 0 Å². The minimum atomic E-state index is 0.609. The van der Waals surface area contributed by atoms with E-state index in [9.17, 15) is 0 Å². The summed E-state index contributed by atoms with van der Waals surface area (Å²) in [5, 5.41) is 0. The number of aromatic nitrogens is 2. The molecule has 0 aliphatic carbocycles. The lowest BCUT2D eigenvalue weighted by atomic mass is 10.1. The van der Waals surface area contributed by atoms with E-state index in [0.717, 1.165) is 74.0 Å². The minimum absolute atomic E-state index is 0.609. The Morgan fingerprint density at radius 2 is 1.71 bits per heavy atom. The molecule has 5 nitrogen and oxygen atoms in total. The first-order chi connectivity index (χ1) is 15.1. The average Bonchev–Trinajstić information content (AvgIpc) is 3.10. The molecule has 0 saturated heterocycles. The smallest absolute Gasteiger partial charge is 0.125 e. The van der Waals surface area contributed by atoms with Crippen molar-refractivity contribution in [3.05, 3.63) is 53.3 Å². The topological polar surface area (TPSA) is 39.5 Å². The summed E-state index contributed by atoms with van der Waals surface area (Å²) in [5.74, 6) is 2.96. The van der Waals surface area contributed by atoms with Crippen LogP contribution in [0.15, 0.2) is 36.4 Å². The van der Waals surface area contributed by atoms with Gasteiger partial charge in [-0.1, -0.05) is 39.0 Å². The first kappa shape index (κ1) is 23.1. The summed E-state index contributed by atoms with van der Waals surface area (Å²) in [7, 11) is 0. The van der Waals surface area contributed by atoms with Gasteiger partial charge in [0, 0.05) is 6.07 Å². The summed E-state index contributed by atoms with van der Waals surface area (Å²) < 4.78 is 14.4. The Bertz CT molecular complexity index is 960. The van der Waals surface area contributed by atoms with Crippen molar-refractivity contribution in [2.75, 3.05) is 26.3 Å². The molecule has 0 spiro atoms. The molecule has 1 heterocycles. The fourth-order valence-electron chi connectivity index (χ4n) is 3.97. The van der Waals surface area contributed by atoms with Crippen molar-refractivity contribution in [1.82, 2.24) is 14.5 Å². The fraction of sp³-hybridized carbons (Fsp3) is 0.500. The highest BCUT2D eigenvalue weighted by Gasteiger charge is 2.15. The van der Waals surface area contributed by atoms with Crippen molar-refractivity contribution in [1.29, 1.82) is 0 Å². The summed E-state index contributed by atoms with van der Waals surface area (Å²) >= 11 is 0. The van der Waals surface area contributed by atoms with Crippen molar-refractivity contribution < 1.29 is 9.47 Å². The van der Waals surface area contributed by atoms with Gasteiger partial charge in [-0.05, 0) is 63.0 Å². The standard InChI is InChI=1S/C26H37N3O2/c1-6-14-28(8-3)19-25-27-23-18-22(30-16-7-2)12-13-24(23)29(25)15-17-31-26-20(4)10-9-11-21(26)5/h9-13,18H,6-8,14-17,19H2,1-5H3. The van der Waals surface area contributed by atoms with Crippen LogP contribution in [0, 0.1) is 13.8 Å². The molecular weight excluding hydrogens is 386 g/mol. The van der Waals surface area contributed by atoms with E-state index in [1.165, 1.54) is 11.1 Å². The molecule has 3 aromatic rings. The summed E-state index contributed by atoms with van der Waals surface area (Å²) in [4.78, 5) is 7.44. The molecule has 1 aromatic heterocycles. The summed E-state index contributed by atoms with van der Waals surface area (Å²) in [6, 6.07) is 12.5. The first-order valence-corrected chi connectivity index (χ1v) is 11.6. The van der Waals surface area contributed by atoms with Crippen molar-refractivity contribution >= 4 is 11.0 Å². The molecule has 0 aliphatic heterocycles. The Morgan fingerprint density at radius 3 is 2.39 bits per heavy atom. The Hall–Kier alpha value is -2.53. The van der Waals surface area contributed by atoms with Gasteiger partial charge in [0.1, 0.15) is 23.9 Å². The number of imidazole rings is 1. The average molecular weight is 424 g/mol. The van der Waals surface area contributed by atoms with Crippen LogP contribution in [-0.2, 0) is 13.1 Å². The van der Waals surface area contributed by atoms with Gasteiger partial charge in [0.05, 0.1) is 30.7 Å². The number of aryl methyl sites for hydroxylation is 2. The molecule has 0 aliphatic rings. The molecule has 0 bridgehead atoms. The summed E-state index contributed by atoms with van der Waals surface area (Å²) in [6.45, 7) is 15.8. The number of para-hydroxylation sites is 1. The van der Waals surface area contributed by atoms with Gasteiger partial charge in [-0.2, -0.15) is 0 Å². The molecule has 0 saturated carbocycles. The maximum Gasteiger partial charge on any atom is 0.125 e. The Kier molecular flexibility index (Phi) is 8.35. The van der Waals surface area contributed by atoms with Gasteiger partial charge in [0.15, 0.2) is 0 Å². The zero-order valence-electron chi connectivity index (χ0n) is 19.8. The van der Waals surface area contributed by atoms with Gasteiger partial charge < -0.3 is 14.0 Å². The second kappa shape index (κ2) is 11.2. The molecule has 0 unspecified atom stereocenters. The number of ether oxygens (including phenoxy) is 2. The van der Waals surface area contributed by atoms with E-state index in [-0.39, 0.29) is 0 Å². The van der Waals surface area contributed by atoms with Crippen LogP contribution in [-0.4, -0.2) is 40.8 Å². The Labute approximate surface area is 187 Å². The van der Waals surface area contributed by atoms with Gasteiger partial charge in [-0.3, -0.25) is 4.90 Å².